The van der Waals surface area contributed by atoms with E-state index in [1.165, 1.54) is 36.9 Å². The van der Waals surface area contributed by atoms with E-state index in [0.29, 0.717) is 0 Å². The molecule has 0 heterocycles. The second kappa shape index (κ2) is 6.93. The van der Waals surface area contributed by atoms with E-state index < -0.39 is 0 Å². The normalized spacial score (nSPS) is 17.8. The minimum Gasteiger partial charge on any atom is -0.323 e. The van der Waals surface area contributed by atoms with Crippen molar-refractivity contribution < 1.29 is 0 Å². The third kappa shape index (κ3) is 4.55. The molecule has 1 fully saturated rings. The summed E-state index contributed by atoms with van der Waals surface area (Å²) < 4.78 is 0. The number of nitrogens with two attached hydrogens (primary N) is 1. The molecule has 1 aromatic rings. The molecule has 2 N–H and O–H groups in total. The maximum absolute atomic E-state index is 6.42. The zero-order valence-electron chi connectivity index (χ0n) is 14.2. The van der Waals surface area contributed by atoms with Crippen molar-refractivity contribution in [3.63, 3.8) is 0 Å². The summed E-state index contributed by atoms with van der Waals surface area (Å²) in [6.45, 7) is 12.3. The van der Waals surface area contributed by atoms with E-state index in [0.717, 1.165) is 19.0 Å². The molecule has 1 aliphatic carbocycles. The van der Waals surface area contributed by atoms with Gasteiger partial charge in [-0.3, -0.25) is 0 Å². The summed E-state index contributed by atoms with van der Waals surface area (Å²) in [5.74, 6) is 0.917. The monoisotopic (exact) mass is 288 g/mol. The highest BCUT2D eigenvalue weighted by atomic mass is 15.1. The van der Waals surface area contributed by atoms with E-state index in [4.69, 9.17) is 5.73 Å². The zero-order valence-corrected chi connectivity index (χ0v) is 14.2. The Hall–Kier alpha value is -0.860. The lowest BCUT2D eigenvalue weighted by atomic mass is 9.85. The van der Waals surface area contributed by atoms with E-state index in [9.17, 15) is 0 Å². The number of likely N-dealkylation sites (N-methyl/N-ethyl adjacent to an activating group) is 1. The molecule has 2 rings (SSSR count). The number of nitrogens with zero attached hydrogens (tertiary/aromatic N) is 1. The molecule has 1 aliphatic rings. The number of benzene rings is 1. The van der Waals surface area contributed by atoms with Gasteiger partial charge in [0.2, 0.25) is 0 Å². The van der Waals surface area contributed by atoms with Gasteiger partial charge in [0.1, 0.15) is 0 Å². The lowest BCUT2D eigenvalue weighted by Crippen LogP contribution is -2.37. The van der Waals surface area contributed by atoms with Gasteiger partial charge in [-0.1, -0.05) is 58.4 Å². The predicted molar refractivity (Wildman–Crippen MR) is 91.5 cm³/mol. The van der Waals surface area contributed by atoms with Crippen LogP contribution in [0.5, 0.6) is 0 Å². The van der Waals surface area contributed by atoms with Gasteiger partial charge in [0.05, 0.1) is 0 Å². The molecule has 1 saturated carbocycles. The summed E-state index contributed by atoms with van der Waals surface area (Å²) in [6.07, 6.45) is 4.24. The largest absolute Gasteiger partial charge is 0.323 e. The molecule has 1 atom stereocenters. The van der Waals surface area contributed by atoms with Crippen LogP contribution in [0, 0.1) is 5.92 Å². The van der Waals surface area contributed by atoms with Gasteiger partial charge in [0.15, 0.2) is 0 Å². The van der Waals surface area contributed by atoms with Gasteiger partial charge in [-0.15, -0.1) is 0 Å². The first-order valence-electron chi connectivity index (χ1n) is 8.48. The lowest BCUT2D eigenvalue weighted by Gasteiger charge is -2.33. The van der Waals surface area contributed by atoms with E-state index in [2.05, 4.69) is 56.9 Å². The number of rotatable bonds is 6. The van der Waals surface area contributed by atoms with E-state index in [1.807, 2.05) is 0 Å². The fourth-order valence-electron chi connectivity index (χ4n) is 2.99. The van der Waals surface area contributed by atoms with Gasteiger partial charge in [-0.2, -0.15) is 0 Å². The zero-order chi connectivity index (χ0) is 15.5. The van der Waals surface area contributed by atoms with Crippen LogP contribution >= 0.6 is 0 Å². The average Bonchev–Trinajstić information content (AvgIpc) is 2.40. The van der Waals surface area contributed by atoms with E-state index in [-0.39, 0.29) is 11.5 Å². The van der Waals surface area contributed by atoms with Crippen LogP contribution in [-0.2, 0) is 5.41 Å². The molecule has 0 spiro atoms. The molecule has 21 heavy (non-hydrogen) atoms. The molecule has 1 unspecified atom stereocenters. The van der Waals surface area contributed by atoms with Crippen molar-refractivity contribution in [2.75, 3.05) is 19.6 Å². The highest BCUT2D eigenvalue weighted by Crippen LogP contribution is 2.28. The smallest absolute Gasteiger partial charge is 0.0424 e. The number of hydrogen-bond donors (Lipinski definition) is 1. The molecule has 0 aliphatic heterocycles. The second-order valence-corrected chi connectivity index (χ2v) is 7.63. The SMILES string of the molecule is CCN(CC1CCC1)CC(N)c1ccc(C(C)(C)C)cc1. The Kier molecular flexibility index (Phi) is 5.45. The minimum absolute atomic E-state index is 0.124. The Balaban J connectivity index is 1.93. The van der Waals surface area contributed by atoms with Gasteiger partial charge in [-0.25, -0.2) is 0 Å². The molecular weight excluding hydrogens is 256 g/mol. The molecule has 0 radical (unpaired) electrons. The lowest BCUT2D eigenvalue weighted by molar-refractivity contribution is 0.176. The van der Waals surface area contributed by atoms with Crippen LogP contribution in [0.2, 0.25) is 0 Å². The summed E-state index contributed by atoms with van der Waals surface area (Å²) in [6, 6.07) is 9.01. The fraction of sp³-hybridized carbons (Fsp3) is 0.684. The van der Waals surface area contributed by atoms with Crippen molar-refractivity contribution >= 4 is 0 Å². The standard InChI is InChI=1S/C19H32N2/c1-5-21(13-15-7-6-8-15)14-18(20)16-9-11-17(12-10-16)19(2,3)4/h9-12,15,18H,5-8,13-14,20H2,1-4H3. The molecule has 2 heteroatoms. The summed E-state index contributed by atoms with van der Waals surface area (Å²) in [4.78, 5) is 2.52. The summed E-state index contributed by atoms with van der Waals surface area (Å²) >= 11 is 0. The molecule has 0 saturated heterocycles. The summed E-state index contributed by atoms with van der Waals surface area (Å²) in [5, 5.41) is 0. The molecule has 0 amide bonds. The van der Waals surface area contributed by atoms with Crippen LogP contribution in [0.1, 0.15) is 64.1 Å². The highest BCUT2D eigenvalue weighted by Gasteiger charge is 2.21. The predicted octanol–water partition coefficient (Wildman–Crippen LogP) is 4.11. The maximum Gasteiger partial charge on any atom is 0.0424 e. The minimum atomic E-state index is 0.124. The molecule has 1 aromatic carbocycles. The van der Waals surface area contributed by atoms with Crippen LogP contribution in [0.25, 0.3) is 0 Å². The third-order valence-corrected chi connectivity index (χ3v) is 4.85. The Bertz CT molecular complexity index is 426. The van der Waals surface area contributed by atoms with E-state index >= 15 is 0 Å². The average molecular weight is 288 g/mol. The molecule has 0 bridgehead atoms. The first-order valence-corrected chi connectivity index (χ1v) is 8.48. The first-order chi connectivity index (χ1) is 9.90. The van der Waals surface area contributed by atoms with Crippen molar-refractivity contribution in [1.82, 2.24) is 4.90 Å². The van der Waals surface area contributed by atoms with Crippen molar-refractivity contribution in [3.05, 3.63) is 35.4 Å². The maximum atomic E-state index is 6.42. The van der Waals surface area contributed by atoms with Crippen molar-refractivity contribution in [2.24, 2.45) is 11.7 Å². The van der Waals surface area contributed by atoms with Gasteiger partial charge in [0, 0.05) is 19.1 Å². The van der Waals surface area contributed by atoms with Crippen LogP contribution < -0.4 is 5.73 Å². The van der Waals surface area contributed by atoms with Crippen LogP contribution in [0.3, 0.4) is 0 Å². The Morgan fingerprint density at radius 2 is 1.81 bits per heavy atom. The second-order valence-electron chi connectivity index (χ2n) is 7.63. The van der Waals surface area contributed by atoms with E-state index in [1.54, 1.807) is 0 Å². The molecular formula is C19H32N2. The molecule has 2 nitrogen and oxygen atoms in total. The van der Waals surface area contributed by atoms with Gasteiger partial charge in [-0.05, 0) is 41.8 Å². The quantitative estimate of drug-likeness (QED) is 0.853. The Morgan fingerprint density at radius 1 is 1.19 bits per heavy atom. The Labute approximate surface area is 130 Å². The highest BCUT2D eigenvalue weighted by molar-refractivity contribution is 5.29. The van der Waals surface area contributed by atoms with Crippen molar-refractivity contribution in [3.8, 4) is 0 Å². The molecule has 118 valence electrons. The topological polar surface area (TPSA) is 29.3 Å². The third-order valence-electron chi connectivity index (χ3n) is 4.85. The van der Waals surface area contributed by atoms with Crippen molar-refractivity contribution in [1.29, 1.82) is 0 Å². The van der Waals surface area contributed by atoms with Gasteiger partial charge in [0.25, 0.3) is 0 Å². The molecule has 0 aromatic heterocycles. The first kappa shape index (κ1) is 16.5. The van der Waals surface area contributed by atoms with Crippen LogP contribution in [0.15, 0.2) is 24.3 Å². The van der Waals surface area contributed by atoms with Gasteiger partial charge >= 0.3 is 0 Å². The van der Waals surface area contributed by atoms with Crippen LogP contribution in [0.4, 0.5) is 0 Å². The summed E-state index contributed by atoms with van der Waals surface area (Å²) in [7, 11) is 0. The summed E-state index contributed by atoms with van der Waals surface area (Å²) in [5.41, 5.74) is 9.27. The van der Waals surface area contributed by atoms with Crippen LogP contribution in [-0.4, -0.2) is 24.5 Å². The van der Waals surface area contributed by atoms with Crippen molar-refractivity contribution in [2.45, 2.75) is 58.4 Å². The Morgan fingerprint density at radius 3 is 2.24 bits per heavy atom. The fourth-order valence-corrected chi connectivity index (χ4v) is 2.99. The number of hydrogen-bond acceptors (Lipinski definition) is 2. The van der Waals surface area contributed by atoms with Gasteiger partial charge < -0.3 is 10.6 Å².